The maximum absolute atomic E-state index is 13.1. The monoisotopic (exact) mass is 348 g/mol. The van der Waals surface area contributed by atoms with E-state index in [9.17, 15) is 4.79 Å². The molecule has 3 heterocycles. The Hall–Kier alpha value is -1.94. The van der Waals surface area contributed by atoms with Crippen LogP contribution in [0.1, 0.15) is 16.9 Å². The molecule has 126 valence electrons. The molecular formula is C21H20N2OS. The quantitative estimate of drug-likeness (QED) is 0.770. The second-order valence-corrected chi connectivity index (χ2v) is 8.84. The second-order valence-electron chi connectivity index (χ2n) is 8.06. The molecule has 1 saturated heterocycles. The second kappa shape index (κ2) is 5.04. The highest BCUT2D eigenvalue weighted by atomic mass is 32.1. The van der Waals surface area contributed by atoms with Crippen LogP contribution in [-0.2, 0) is 0 Å². The topological polar surface area (TPSA) is 33.2 Å². The average Bonchev–Trinajstić information content (AvgIpc) is 3.09. The summed E-state index contributed by atoms with van der Waals surface area (Å²) < 4.78 is 0. The van der Waals surface area contributed by atoms with E-state index < -0.39 is 0 Å². The third-order valence-electron chi connectivity index (χ3n) is 6.91. The number of amides is 1. The molecule has 4 heteroatoms. The van der Waals surface area contributed by atoms with Crippen molar-refractivity contribution >= 4 is 17.2 Å². The maximum atomic E-state index is 13.1. The van der Waals surface area contributed by atoms with Crippen LogP contribution in [0.2, 0.25) is 0 Å². The molecule has 2 aromatic heterocycles. The summed E-state index contributed by atoms with van der Waals surface area (Å²) in [6.07, 6.45) is 6.35. The van der Waals surface area contributed by atoms with Crippen molar-refractivity contribution in [3.05, 3.63) is 52.9 Å². The first-order chi connectivity index (χ1) is 12.3. The summed E-state index contributed by atoms with van der Waals surface area (Å²) in [6.45, 7) is 1.84. The SMILES string of the molecule is O=C(c1cccc(-c2ccsc2)n1)N1CC2[C@@H](C1)[C@H]1C=C[C@@H]2[C@@H]2C[C@H]12. The van der Waals surface area contributed by atoms with Crippen molar-refractivity contribution < 1.29 is 4.79 Å². The summed E-state index contributed by atoms with van der Waals surface area (Å²) in [4.78, 5) is 19.8. The molecule has 0 N–H and O–H groups in total. The van der Waals surface area contributed by atoms with Gasteiger partial charge in [0.1, 0.15) is 5.69 Å². The van der Waals surface area contributed by atoms with Gasteiger partial charge in [0, 0.05) is 24.0 Å². The van der Waals surface area contributed by atoms with Gasteiger partial charge in [-0.2, -0.15) is 11.3 Å². The number of likely N-dealkylation sites (tertiary alicyclic amines) is 1. The summed E-state index contributed by atoms with van der Waals surface area (Å²) in [5.74, 6) is 4.77. The van der Waals surface area contributed by atoms with Gasteiger partial charge in [0.15, 0.2) is 0 Å². The molecule has 25 heavy (non-hydrogen) atoms. The van der Waals surface area contributed by atoms with Crippen LogP contribution in [0.3, 0.4) is 0 Å². The highest BCUT2D eigenvalue weighted by molar-refractivity contribution is 7.08. The maximum Gasteiger partial charge on any atom is 0.272 e. The minimum Gasteiger partial charge on any atom is -0.337 e. The lowest BCUT2D eigenvalue weighted by atomic mass is 9.64. The number of nitrogens with zero attached hydrogens (tertiary/aromatic N) is 2. The number of aromatic nitrogens is 1. The molecule has 1 amide bonds. The van der Waals surface area contributed by atoms with Crippen LogP contribution < -0.4 is 0 Å². The number of pyridine rings is 1. The van der Waals surface area contributed by atoms with E-state index in [4.69, 9.17) is 0 Å². The summed E-state index contributed by atoms with van der Waals surface area (Å²) in [7, 11) is 0. The van der Waals surface area contributed by atoms with Crippen LogP contribution in [0.4, 0.5) is 0 Å². The van der Waals surface area contributed by atoms with Crippen LogP contribution >= 0.6 is 11.3 Å². The van der Waals surface area contributed by atoms with Gasteiger partial charge < -0.3 is 4.90 Å². The number of carbonyl (C=O) groups excluding carboxylic acids is 1. The Balaban J connectivity index is 1.27. The van der Waals surface area contributed by atoms with Gasteiger partial charge in [-0.15, -0.1) is 0 Å². The molecule has 4 aliphatic carbocycles. The Bertz CT molecular complexity index is 848. The van der Waals surface area contributed by atoms with Gasteiger partial charge in [-0.3, -0.25) is 4.79 Å². The van der Waals surface area contributed by atoms with Crippen molar-refractivity contribution in [2.75, 3.05) is 13.1 Å². The number of hydrogen-bond donors (Lipinski definition) is 0. The van der Waals surface area contributed by atoms with E-state index in [1.165, 1.54) is 6.42 Å². The number of carbonyl (C=O) groups is 1. The van der Waals surface area contributed by atoms with E-state index in [0.29, 0.717) is 17.5 Å². The van der Waals surface area contributed by atoms with E-state index in [-0.39, 0.29) is 5.91 Å². The van der Waals surface area contributed by atoms with E-state index in [2.05, 4.69) is 33.5 Å². The third kappa shape index (κ3) is 2.03. The van der Waals surface area contributed by atoms with Crippen LogP contribution in [0.15, 0.2) is 47.2 Å². The smallest absolute Gasteiger partial charge is 0.272 e. The Morgan fingerprint density at radius 2 is 1.80 bits per heavy atom. The van der Waals surface area contributed by atoms with E-state index in [0.717, 1.165) is 48.0 Å². The minimum atomic E-state index is 0.111. The first-order valence-corrected chi connectivity index (χ1v) is 10.2. The van der Waals surface area contributed by atoms with Crippen LogP contribution in [-0.4, -0.2) is 28.9 Å². The molecular weight excluding hydrogens is 328 g/mol. The molecule has 3 nitrogen and oxygen atoms in total. The van der Waals surface area contributed by atoms with Crippen molar-refractivity contribution in [3.8, 4) is 11.3 Å². The van der Waals surface area contributed by atoms with Crippen molar-refractivity contribution in [1.82, 2.24) is 9.88 Å². The zero-order valence-electron chi connectivity index (χ0n) is 13.9. The number of hydrogen-bond acceptors (Lipinski definition) is 3. The van der Waals surface area contributed by atoms with Crippen molar-refractivity contribution in [2.24, 2.45) is 35.5 Å². The van der Waals surface area contributed by atoms with Gasteiger partial charge in [-0.05, 0) is 65.5 Å². The predicted octanol–water partition coefficient (Wildman–Crippen LogP) is 3.95. The summed E-state index contributed by atoms with van der Waals surface area (Å²) in [5, 5.41) is 4.13. The fraction of sp³-hybridized carbons (Fsp3) is 0.429. The fourth-order valence-electron chi connectivity index (χ4n) is 5.70. The third-order valence-corrected chi connectivity index (χ3v) is 7.59. The zero-order chi connectivity index (χ0) is 16.5. The van der Waals surface area contributed by atoms with Crippen molar-refractivity contribution in [1.29, 1.82) is 0 Å². The predicted molar refractivity (Wildman–Crippen MR) is 98.2 cm³/mol. The Morgan fingerprint density at radius 3 is 2.48 bits per heavy atom. The van der Waals surface area contributed by atoms with Crippen LogP contribution in [0.25, 0.3) is 11.3 Å². The van der Waals surface area contributed by atoms with Gasteiger partial charge in [0.25, 0.3) is 5.91 Å². The molecule has 2 bridgehead atoms. The zero-order valence-corrected chi connectivity index (χ0v) is 14.7. The average molecular weight is 348 g/mol. The molecule has 1 aliphatic heterocycles. The van der Waals surface area contributed by atoms with Crippen molar-refractivity contribution in [3.63, 3.8) is 0 Å². The molecule has 2 saturated carbocycles. The number of thiophene rings is 1. The van der Waals surface area contributed by atoms with Crippen LogP contribution in [0.5, 0.6) is 0 Å². The Kier molecular flexibility index (Phi) is 2.87. The highest BCUT2D eigenvalue weighted by Crippen LogP contribution is 2.64. The molecule has 5 aliphatic rings. The van der Waals surface area contributed by atoms with Crippen molar-refractivity contribution in [2.45, 2.75) is 6.42 Å². The molecule has 3 fully saturated rings. The molecule has 0 radical (unpaired) electrons. The summed E-state index contributed by atoms with van der Waals surface area (Å²) >= 11 is 1.66. The first kappa shape index (κ1) is 14.3. The molecule has 2 aromatic rings. The van der Waals surface area contributed by atoms with E-state index >= 15 is 0 Å². The lowest BCUT2D eigenvalue weighted by Crippen LogP contribution is -2.37. The fourth-order valence-corrected chi connectivity index (χ4v) is 6.35. The molecule has 7 rings (SSSR count). The molecule has 0 spiro atoms. The Morgan fingerprint density at radius 1 is 1.04 bits per heavy atom. The normalized spacial score (nSPS) is 37.0. The van der Waals surface area contributed by atoms with E-state index in [1.807, 2.05) is 23.6 Å². The number of rotatable bonds is 2. The van der Waals surface area contributed by atoms with Gasteiger partial charge in [0.05, 0.1) is 5.69 Å². The van der Waals surface area contributed by atoms with Crippen LogP contribution in [0, 0.1) is 35.5 Å². The number of allylic oxidation sites excluding steroid dienone is 2. The van der Waals surface area contributed by atoms with E-state index in [1.54, 1.807) is 11.3 Å². The Labute approximate surface area is 151 Å². The molecule has 1 unspecified atom stereocenters. The lowest BCUT2D eigenvalue weighted by Gasteiger charge is -2.40. The largest absolute Gasteiger partial charge is 0.337 e. The van der Waals surface area contributed by atoms with Gasteiger partial charge in [-0.25, -0.2) is 4.98 Å². The highest BCUT2D eigenvalue weighted by Gasteiger charge is 2.61. The molecule has 6 atom stereocenters. The molecule has 0 aromatic carbocycles. The van der Waals surface area contributed by atoms with Gasteiger partial charge in [-0.1, -0.05) is 18.2 Å². The summed E-state index contributed by atoms with van der Waals surface area (Å²) in [6, 6.07) is 7.86. The summed E-state index contributed by atoms with van der Waals surface area (Å²) in [5.41, 5.74) is 2.58. The standard InChI is InChI=1S/C21H20N2OS/c24-21(20-3-1-2-19(22-20)12-6-7-25-11-12)23-9-17-13-4-5-14(18(17)10-23)16-8-15(13)16/h1-7,11,13-18H,8-10H2/t13-,14+,15+,16-,17-,18?/m0/s1. The van der Waals surface area contributed by atoms with Gasteiger partial charge >= 0.3 is 0 Å². The first-order valence-electron chi connectivity index (χ1n) is 9.27. The lowest BCUT2D eigenvalue weighted by molar-refractivity contribution is 0.0776. The van der Waals surface area contributed by atoms with Gasteiger partial charge in [0.2, 0.25) is 0 Å². The minimum absolute atomic E-state index is 0.111.